The van der Waals surface area contributed by atoms with Crippen LogP contribution in [0.1, 0.15) is 24.2 Å². The summed E-state index contributed by atoms with van der Waals surface area (Å²) in [6.45, 7) is 3.87. The zero-order valence-corrected chi connectivity index (χ0v) is 11.1. The van der Waals surface area contributed by atoms with Crippen molar-refractivity contribution in [3.8, 4) is 0 Å². The molecule has 14 heavy (non-hydrogen) atoms. The van der Waals surface area contributed by atoms with Crippen LogP contribution in [0.5, 0.6) is 0 Å². The van der Waals surface area contributed by atoms with E-state index in [-0.39, 0.29) is 11.9 Å². The summed E-state index contributed by atoms with van der Waals surface area (Å²) in [4.78, 5) is 11.6. The first-order valence-electron chi connectivity index (χ1n) is 4.26. The second kappa shape index (κ2) is 4.94. The molecule has 0 atom stereocenters. The van der Waals surface area contributed by atoms with Crippen molar-refractivity contribution in [2.24, 2.45) is 0 Å². The van der Waals surface area contributed by atoms with Crippen LogP contribution in [0.3, 0.4) is 0 Å². The Morgan fingerprint density at radius 3 is 2.50 bits per heavy atom. The summed E-state index contributed by atoms with van der Waals surface area (Å²) in [5.41, 5.74) is 0.655. The molecule has 0 heterocycles. The largest absolute Gasteiger partial charge is 0.350 e. The van der Waals surface area contributed by atoms with Crippen LogP contribution in [0.15, 0.2) is 27.1 Å². The predicted molar refractivity (Wildman–Crippen MR) is 64.4 cm³/mol. The van der Waals surface area contributed by atoms with Crippen molar-refractivity contribution in [2.75, 3.05) is 0 Å². The number of carbonyl (C=O) groups excluding carboxylic acids is 1. The summed E-state index contributed by atoms with van der Waals surface area (Å²) in [5.74, 6) is -0.0561. The van der Waals surface area contributed by atoms with Crippen molar-refractivity contribution >= 4 is 37.8 Å². The molecule has 1 rings (SSSR count). The Labute approximate surface area is 100 Å². The molecule has 1 aromatic rings. The molecule has 0 bridgehead atoms. The minimum absolute atomic E-state index is 0.0561. The number of hydrogen-bond acceptors (Lipinski definition) is 1. The maximum Gasteiger partial charge on any atom is 0.252 e. The molecule has 1 N–H and O–H groups in total. The van der Waals surface area contributed by atoms with Gasteiger partial charge in [-0.1, -0.05) is 15.9 Å². The lowest BCUT2D eigenvalue weighted by Gasteiger charge is -2.09. The molecule has 0 saturated carbocycles. The highest BCUT2D eigenvalue weighted by atomic mass is 79.9. The highest BCUT2D eigenvalue weighted by Crippen LogP contribution is 2.21. The molecule has 0 aliphatic carbocycles. The van der Waals surface area contributed by atoms with Gasteiger partial charge in [-0.15, -0.1) is 0 Å². The summed E-state index contributed by atoms with van der Waals surface area (Å²) >= 11 is 6.68. The van der Waals surface area contributed by atoms with E-state index in [4.69, 9.17) is 0 Å². The molecule has 0 aliphatic heterocycles. The van der Waals surface area contributed by atoms with Gasteiger partial charge in [-0.2, -0.15) is 0 Å². The average molecular weight is 321 g/mol. The second-order valence-corrected chi connectivity index (χ2v) is 5.02. The first kappa shape index (κ1) is 11.7. The number of benzene rings is 1. The minimum atomic E-state index is -0.0561. The number of halogens is 2. The van der Waals surface area contributed by atoms with Crippen molar-refractivity contribution in [3.05, 3.63) is 32.7 Å². The third kappa shape index (κ3) is 3.10. The zero-order valence-electron chi connectivity index (χ0n) is 7.97. The van der Waals surface area contributed by atoms with Gasteiger partial charge in [0.15, 0.2) is 0 Å². The van der Waals surface area contributed by atoms with Crippen LogP contribution >= 0.6 is 31.9 Å². The van der Waals surface area contributed by atoms with E-state index in [2.05, 4.69) is 37.2 Å². The summed E-state index contributed by atoms with van der Waals surface area (Å²) in [5, 5.41) is 2.84. The Morgan fingerprint density at radius 1 is 1.36 bits per heavy atom. The molecular formula is C10H11Br2NO. The Balaban J connectivity index is 2.90. The van der Waals surface area contributed by atoms with Gasteiger partial charge in [-0.05, 0) is 48.0 Å². The van der Waals surface area contributed by atoms with Crippen LogP contribution in [0.2, 0.25) is 0 Å². The summed E-state index contributed by atoms with van der Waals surface area (Å²) in [6, 6.07) is 5.64. The second-order valence-electron chi connectivity index (χ2n) is 3.25. The number of nitrogens with one attached hydrogen (secondary N) is 1. The van der Waals surface area contributed by atoms with E-state index in [9.17, 15) is 4.79 Å². The molecule has 76 valence electrons. The van der Waals surface area contributed by atoms with Gasteiger partial charge in [0.25, 0.3) is 5.91 Å². The van der Waals surface area contributed by atoms with E-state index >= 15 is 0 Å². The van der Waals surface area contributed by atoms with Crippen molar-refractivity contribution in [3.63, 3.8) is 0 Å². The van der Waals surface area contributed by atoms with Crippen molar-refractivity contribution < 1.29 is 4.79 Å². The van der Waals surface area contributed by atoms with Crippen LogP contribution in [0.4, 0.5) is 0 Å². The summed E-state index contributed by atoms with van der Waals surface area (Å²) < 4.78 is 1.75. The number of amides is 1. The van der Waals surface area contributed by atoms with Gasteiger partial charge in [0.1, 0.15) is 0 Å². The standard InChI is InChI=1S/C10H11Br2NO/c1-6(2)13-10(14)8-4-3-7(11)5-9(8)12/h3-6H,1-2H3,(H,13,14). The van der Waals surface area contributed by atoms with E-state index in [1.165, 1.54) is 0 Å². The topological polar surface area (TPSA) is 29.1 Å². The van der Waals surface area contributed by atoms with Gasteiger partial charge in [0.05, 0.1) is 5.56 Å². The van der Waals surface area contributed by atoms with E-state index < -0.39 is 0 Å². The van der Waals surface area contributed by atoms with E-state index in [0.29, 0.717) is 5.56 Å². The molecule has 0 aromatic heterocycles. The Kier molecular flexibility index (Phi) is 4.13. The number of rotatable bonds is 2. The first-order chi connectivity index (χ1) is 6.50. The summed E-state index contributed by atoms with van der Waals surface area (Å²) in [6.07, 6.45) is 0. The third-order valence-electron chi connectivity index (χ3n) is 1.60. The lowest BCUT2D eigenvalue weighted by molar-refractivity contribution is 0.0942. The molecule has 1 amide bonds. The number of carbonyl (C=O) groups is 1. The summed E-state index contributed by atoms with van der Waals surface area (Å²) in [7, 11) is 0. The molecule has 4 heteroatoms. The molecule has 0 spiro atoms. The molecule has 0 radical (unpaired) electrons. The molecule has 0 unspecified atom stereocenters. The quantitative estimate of drug-likeness (QED) is 0.889. The SMILES string of the molecule is CC(C)NC(=O)c1ccc(Br)cc1Br. The number of hydrogen-bond donors (Lipinski definition) is 1. The molecule has 0 fully saturated rings. The Bertz CT molecular complexity index is 350. The average Bonchev–Trinajstić information content (AvgIpc) is 2.01. The van der Waals surface area contributed by atoms with E-state index in [1.807, 2.05) is 26.0 Å². The van der Waals surface area contributed by atoms with Crippen LogP contribution in [-0.4, -0.2) is 11.9 Å². The highest BCUT2D eigenvalue weighted by molar-refractivity contribution is 9.11. The minimum Gasteiger partial charge on any atom is -0.350 e. The van der Waals surface area contributed by atoms with Gasteiger partial charge < -0.3 is 5.32 Å². The van der Waals surface area contributed by atoms with E-state index in [0.717, 1.165) is 8.95 Å². The molecule has 0 aliphatic rings. The fraction of sp³-hybridized carbons (Fsp3) is 0.300. The van der Waals surface area contributed by atoms with E-state index in [1.54, 1.807) is 6.07 Å². The van der Waals surface area contributed by atoms with Gasteiger partial charge in [-0.25, -0.2) is 0 Å². The highest BCUT2D eigenvalue weighted by Gasteiger charge is 2.10. The van der Waals surface area contributed by atoms with Gasteiger partial charge in [-0.3, -0.25) is 4.79 Å². The predicted octanol–water partition coefficient (Wildman–Crippen LogP) is 3.35. The lowest BCUT2D eigenvalue weighted by Crippen LogP contribution is -2.30. The van der Waals surface area contributed by atoms with Crippen LogP contribution in [-0.2, 0) is 0 Å². The van der Waals surface area contributed by atoms with Crippen LogP contribution in [0, 0.1) is 0 Å². The maximum atomic E-state index is 11.6. The van der Waals surface area contributed by atoms with Crippen molar-refractivity contribution in [2.45, 2.75) is 19.9 Å². The van der Waals surface area contributed by atoms with Gasteiger partial charge >= 0.3 is 0 Å². The smallest absolute Gasteiger partial charge is 0.252 e. The van der Waals surface area contributed by atoms with Gasteiger partial charge in [0.2, 0.25) is 0 Å². The molecule has 1 aromatic carbocycles. The van der Waals surface area contributed by atoms with Crippen LogP contribution < -0.4 is 5.32 Å². The fourth-order valence-electron chi connectivity index (χ4n) is 1.01. The Hall–Kier alpha value is -0.350. The zero-order chi connectivity index (χ0) is 10.7. The van der Waals surface area contributed by atoms with Crippen LogP contribution in [0.25, 0.3) is 0 Å². The normalized spacial score (nSPS) is 10.4. The molecule has 0 saturated heterocycles. The first-order valence-corrected chi connectivity index (χ1v) is 5.85. The monoisotopic (exact) mass is 319 g/mol. The maximum absolute atomic E-state index is 11.6. The van der Waals surface area contributed by atoms with Crippen molar-refractivity contribution in [1.82, 2.24) is 5.32 Å². The van der Waals surface area contributed by atoms with Crippen molar-refractivity contribution in [1.29, 1.82) is 0 Å². The Morgan fingerprint density at radius 2 is 2.00 bits per heavy atom. The molecule has 2 nitrogen and oxygen atoms in total. The van der Waals surface area contributed by atoms with Gasteiger partial charge in [0, 0.05) is 15.0 Å². The lowest BCUT2D eigenvalue weighted by atomic mass is 10.2. The third-order valence-corrected chi connectivity index (χ3v) is 2.74. The molecular weight excluding hydrogens is 310 g/mol. The fourth-order valence-corrected chi connectivity index (χ4v) is 2.24.